The summed E-state index contributed by atoms with van der Waals surface area (Å²) >= 11 is 12.6. The maximum absolute atomic E-state index is 13.5. The van der Waals surface area contributed by atoms with Crippen LogP contribution in [0.1, 0.15) is 26.4 Å². The van der Waals surface area contributed by atoms with E-state index in [1.54, 1.807) is 47.4 Å². The van der Waals surface area contributed by atoms with Crippen LogP contribution in [0.5, 0.6) is 0 Å². The fourth-order valence-electron chi connectivity index (χ4n) is 4.05. The van der Waals surface area contributed by atoms with E-state index in [9.17, 15) is 9.59 Å². The summed E-state index contributed by atoms with van der Waals surface area (Å²) < 4.78 is 2.11. The van der Waals surface area contributed by atoms with Crippen molar-refractivity contribution < 1.29 is 9.59 Å². The molecule has 1 aliphatic rings. The fourth-order valence-corrected chi connectivity index (χ4v) is 4.50. The number of hydrogen-bond acceptors (Lipinski definition) is 2. The lowest BCUT2D eigenvalue weighted by Gasteiger charge is -2.23. The molecule has 0 unspecified atom stereocenters. The smallest absolute Gasteiger partial charge is 0.258 e. The van der Waals surface area contributed by atoms with Gasteiger partial charge in [0.25, 0.3) is 11.8 Å². The number of carbonyl (C=O) groups is 2. The van der Waals surface area contributed by atoms with Crippen LogP contribution in [0.3, 0.4) is 0 Å². The molecule has 0 radical (unpaired) electrons. The van der Waals surface area contributed by atoms with E-state index in [1.165, 1.54) is 0 Å². The Kier molecular flexibility index (Phi) is 5.67. The molecule has 0 saturated carbocycles. The number of fused-ring (bicyclic) bond motifs is 3. The number of hydrogen-bond donors (Lipinski definition) is 1. The lowest BCUT2D eigenvalue weighted by Crippen LogP contribution is -2.32. The Morgan fingerprint density at radius 3 is 2.36 bits per heavy atom. The number of rotatable bonds is 3. The summed E-state index contributed by atoms with van der Waals surface area (Å²) in [7, 11) is 0. The van der Waals surface area contributed by atoms with Gasteiger partial charge in [-0.2, -0.15) is 0 Å². The number of aromatic nitrogens is 1. The van der Waals surface area contributed by atoms with Crippen molar-refractivity contribution in [3.8, 4) is 5.69 Å². The van der Waals surface area contributed by atoms with Crippen molar-refractivity contribution >= 4 is 46.4 Å². The normalized spacial score (nSPS) is 12.5. The van der Waals surface area contributed by atoms with E-state index in [0.29, 0.717) is 28.4 Å². The minimum Gasteiger partial charge on any atom is -0.321 e. The molecule has 5 nitrogen and oxygen atoms in total. The molecule has 5 rings (SSSR count). The number of amides is 2. The van der Waals surface area contributed by atoms with Crippen LogP contribution >= 0.6 is 23.2 Å². The maximum atomic E-state index is 13.5. The van der Waals surface area contributed by atoms with Crippen molar-refractivity contribution in [2.75, 3.05) is 16.8 Å². The lowest BCUT2D eigenvalue weighted by atomic mass is 10.1. The van der Waals surface area contributed by atoms with Gasteiger partial charge in [-0.15, -0.1) is 0 Å². The molecule has 4 aromatic rings. The zero-order chi connectivity index (χ0) is 22.9. The third-order valence-electron chi connectivity index (χ3n) is 5.68. The molecule has 0 spiro atoms. The summed E-state index contributed by atoms with van der Waals surface area (Å²) in [6.07, 6.45) is 2.74. The maximum Gasteiger partial charge on any atom is 0.258 e. The first-order valence-corrected chi connectivity index (χ1v) is 11.2. The summed E-state index contributed by atoms with van der Waals surface area (Å²) in [5.41, 5.74) is 4.14. The largest absolute Gasteiger partial charge is 0.321 e. The van der Waals surface area contributed by atoms with Gasteiger partial charge < -0.3 is 14.8 Å². The number of anilines is 2. The predicted octanol–water partition coefficient (Wildman–Crippen LogP) is 6.24. The van der Waals surface area contributed by atoms with Crippen LogP contribution in [0, 0.1) is 0 Å². The molecule has 164 valence electrons. The molecule has 1 aromatic heterocycles. The first-order chi connectivity index (χ1) is 16.0. The number of benzene rings is 3. The Labute approximate surface area is 201 Å². The summed E-state index contributed by atoms with van der Waals surface area (Å²) in [6.45, 7) is 0.544. The highest BCUT2D eigenvalue weighted by molar-refractivity contribution is 6.36. The summed E-state index contributed by atoms with van der Waals surface area (Å²) in [4.78, 5) is 27.8. The van der Waals surface area contributed by atoms with Gasteiger partial charge in [0.15, 0.2) is 0 Å². The van der Waals surface area contributed by atoms with E-state index in [1.807, 2.05) is 36.5 Å². The minimum absolute atomic E-state index is 0.154. The van der Waals surface area contributed by atoms with E-state index in [-0.39, 0.29) is 16.8 Å². The first-order valence-electron chi connectivity index (χ1n) is 10.5. The highest BCUT2D eigenvalue weighted by atomic mass is 35.5. The van der Waals surface area contributed by atoms with Crippen LogP contribution in [0.25, 0.3) is 5.69 Å². The van der Waals surface area contributed by atoms with E-state index < -0.39 is 0 Å². The Bertz CT molecular complexity index is 1380. The molecule has 33 heavy (non-hydrogen) atoms. The van der Waals surface area contributed by atoms with Gasteiger partial charge in [0.2, 0.25) is 0 Å². The zero-order valence-corrected chi connectivity index (χ0v) is 19.0. The van der Waals surface area contributed by atoms with Crippen LogP contribution < -0.4 is 10.2 Å². The van der Waals surface area contributed by atoms with Gasteiger partial charge in [0.1, 0.15) is 0 Å². The van der Waals surface area contributed by atoms with Gasteiger partial charge in [-0.05, 0) is 54.6 Å². The number of halogens is 2. The third kappa shape index (κ3) is 4.01. The van der Waals surface area contributed by atoms with Gasteiger partial charge in [-0.25, -0.2) is 0 Å². The van der Waals surface area contributed by atoms with E-state index >= 15 is 0 Å². The molecule has 0 aliphatic carbocycles. The second-order valence-corrected chi connectivity index (χ2v) is 8.51. The highest BCUT2D eigenvalue weighted by Gasteiger charge is 2.25. The molecular formula is C26H19Cl2N3O2. The summed E-state index contributed by atoms with van der Waals surface area (Å²) in [5, 5.41) is 3.39. The van der Waals surface area contributed by atoms with Crippen molar-refractivity contribution in [1.29, 1.82) is 0 Å². The number of nitrogens with zero attached hydrogens (tertiary/aromatic N) is 2. The summed E-state index contributed by atoms with van der Waals surface area (Å²) in [6, 6.07) is 23.6. The minimum atomic E-state index is -0.370. The highest BCUT2D eigenvalue weighted by Crippen LogP contribution is 2.32. The van der Waals surface area contributed by atoms with E-state index in [2.05, 4.69) is 16.0 Å². The lowest BCUT2D eigenvalue weighted by molar-refractivity contribution is 0.0986. The van der Waals surface area contributed by atoms with Crippen molar-refractivity contribution in [3.05, 3.63) is 112 Å². The number of carbonyl (C=O) groups excluding carboxylic acids is 2. The van der Waals surface area contributed by atoms with Gasteiger partial charge in [0.05, 0.1) is 32.7 Å². The molecule has 3 aromatic carbocycles. The van der Waals surface area contributed by atoms with Crippen LogP contribution in [-0.4, -0.2) is 22.9 Å². The second-order valence-electron chi connectivity index (χ2n) is 7.69. The standard InChI is InChI=1S/C26H19Cl2N3O2/c27-20-8-2-1-7-19(20)25(32)29-22-12-11-17(16-21(22)28)26(33)31-15-13-18-6-5-14-30(18)23-9-3-4-10-24(23)31/h1-12,14,16H,13,15H2,(H,29,32). The molecular weight excluding hydrogens is 457 g/mol. The molecule has 7 heteroatoms. The van der Waals surface area contributed by atoms with Gasteiger partial charge in [0, 0.05) is 30.4 Å². The van der Waals surface area contributed by atoms with Crippen molar-refractivity contribution in [1.82, 2.24) is 4.57 Å². The van der Waals surface area contributed by atoms with Crippen molar-refractivity contribution in [3.63, 3.8) is 0 Å². The molecule has 2 heterocycles. The second kappa shape index (κ2) is 8.77. The molecule has 2 amide bonds. The zero-order valence-electron chi connectivity index (χ0n) is 17.5. The van der Waals surface area contributed by atoms with E-state index in [0.717, 1.165) is 23.5 Å². The molecule has 0 saturated heterocycles. The Morgan fingerprint density at radius 1 is 0.818 bits per heavy atom. The SMILES string of the molecule is O=C(Nc1ccc(C(=O)N2CCc3cccn3-c3ccccc32)cc1Cl)c1ccccc1Cl. The Hall–Kier alpha value is -3.54. The fraction of sp³-hybridized carbons (Fsp3) is 0.0769. The average molecular weight is 476 g/mol. The molecule has 0 bridgehead atoms. The molecule has 0 atom stereocenters. The van der Waals surface area contributed by atoms with Gasteiger partial charge >= 0.3 is 0 Å². The number of nitrogens with one attached hydrogen (secondary N) is 1. The van der Waals surface area contributed by atoms with Crippen LogP contribution in [0.15, 0.2) is 85.1 Å². The van der Waals surface area contributed by atoms with Crippen LogP contribution in [-0.2, 0) is 6.42 Å². The first kappa shape index (κ1) is 21.3. The molecule has 1 aliphatic heterocycles. The average Bonchev–Trinajstić information content (AvgIpc) is 3.23. The number of para-hydroxylation sites is 2. The summed E-state index contributed by atoms with van der Waals surface area (Å²) in [5.74, 6) is -0.524. The van der Waals surface area contributed by atoms with E-state index in [4.69, 9.17) is 23.2 Å². The van der Waals surface area contributed by atoms with Crippen LogP contribution in [0.4, 0.5) is 11.4 Å². The Morgan fingerprint density at radius 2 is 1.58 bits per heavy atom. The topological polar surface area (TPSA) is 54.3 Å². The molecule has 1 N–H and O–H groups in total. The van der Waals surface area contributed by atoms with Crippen molar-refractivity contribution in [2.45, 2.75) is 6.42 Å². The monoisotopic (exact) mass is 475 g/mol. The Balaban J connectivity index is 1.42. The van der Waals surface area contributed by atoms with Gasteiger partial charge in [-0.3, -0.25) is 9.59 Å². The molecule has 0 fully saturated rings. The third-order valence-corrected chi connectivity index (χ3v) is 6.33. The quantitative estimate of drug-likeness (QED) is 0.381. The predicted molar refractivity (Wildman–Crippen MR) is 132 cm³/mol. The van der Waals surface area contributed by atoms with Crippen molar-refractivity contribution in [2.24, 2.45) is 0 Å². The van der Waals surface area contributed by atoms with Gasteiger partial charge in [-0.1, -0.05) is 47.5 Å². The van der Waals surface area contributed by atoms with Crippen LogP contribution in [0.2, 0.25) is 10.0 Å².